The second-order valence-corrected chi connectivity index (χ2v) is 10.6. The Bertz CT molecular complexity index is 1550. The first-order chi connectivity index (χ1) is 18.8. The van der Waals surface area contributed by atoms with Gasteiger partial charge in [-0.3, -0.25) is 9.36 Å². The first-order valence-corrected chi connectivity index (χ1v) is 14.3. The molecule has 2 aromatic carbocycles. The average Bonchev–Trinajstić information content (AvgIpc) is 3.23. The Hall–Kier alpha value is -3.65. The van der Waals surface area contributed by atoms with Crippen molar-refractivity contribution in [2.24, 2.45) is 4.99 Å². The minimum atomic E-state index is -0.625. The Morgan fingerprint density at radius 2 is 1.82 bits per heavy atom. The van der Waals surface area contributed by atoms with E-state index in [2.05, 4.69) is 26.0 Å². The molecule has 0 aliphatic carbocycles. The highest BCUT2D eigenvalue weighted by atomic mass is 32.1. The molecule has 8 heteroatoms. The Morgan fingerprint density at radius 3 is 2.44 bits per heavy atom. The predicted molar refractivity (Wildman–Crippen MR) is 154 cm³/mol. The molecule has 206 valence electrons. The van der Waals surface area contributed by atoms with Gasteiger partial charge in [-0.2, -0.15) is 0 Å². The number of esters is 1. The number of methoxy groups -OCH3 is 1. The van der Waals surface area contributed by atoms with E-state index in [1.165, 1.54) is 16.9 Å². The number of ether oxygens (including phenoxy) is 3. The number of hydrogen-bond acceptors (Lipinski definition) is 7. The number of carbonyl (C=O) groups excluding carboxylic acids is 1. The van der Waals surface area contributed by atoms with Gasteiger partial charge in [0.1, 0.15) is 0 Å². The molecule has 2 heterocycles. The van der Waals surface area contributed by atoms with Crippen LogP contribution in [0.15, 0.2) is 63.5 Å². The van der Waals surface area contributed by atoms with Crippen molar-refractivity contribution in [2.45, 2.75) is 59.4 Å². The van der Waals surface area contributed by atoms with Crippen LogP contribution in [-0.4, -0.2) is 30.9 Å². The summed E-state index contributed by atoms with van der Waals surface area (Å²) >= 11 is 1.32. The van der Waals surface area contributed by atoms with E-state index in [0.717, 1.165) is 17.5 Å². The fourth-order valence-electron chi connectivity index (χ4n) is 4.70. The number of aromatic nitrogens is 1. The summed E-state index contributed by atoms with van der Waals surface area (Å²) in [6, 6.07) is 13.1. The quantitative estimate of drug-likeness (QED) is 0.329. The minimum Gasteiger partial charge on any atom is -0.493 e. The van der Waals surface area contributed by atoms with Crippen LogP contribution < -0.4 is 24.4 Å². The van der Waals surface area contributed by atoms with Gasteiger partial charge in [0.2, 0.25) is 0 Å². The van der Waals surface area contributed by atoms with E-state index in [1.807, 2.05) is 50.3 Å². The second-order valence-electron chi connectivity index (χ2n) is 9.58. The van der Waals surface area contributed by atoms with E-state index in [9.17, 15) is 9.59 Å². The van der Waals surface area contributed by atoms with Gasteiger partial charge < -0.3 is 14.2 Å². The molecule has 0 amide bonds. The van der Waals surface area contributed by atoms with Crippen LogP contribution in [0.5, 0.6) is 11.5 Å². The van der Waals surface area contributed by atoms with Crippen molar-refractivity contribution in [1.29, 1.82) is 0 Å². The molecule has 1 aliphatic heterocycles. The number of fused-ring (bicyclic) bond motifs is 1. The van der Waals surface area contributed by atoms with Gasteiger partial charge >= 0.3 is 5.97 Å². The third-order valence-corrected chi connectivity index (χ3v) is 7.58. The SMILES string of the molecule is CCCC1=C(C(=O)OCC)[C@H](c2ccc(C(C)C)cc2)n2c(s/c(=C\c3ccc(OC)c(OCC)c3)c2=O)=N1. The first kappa shape index (κ1) is 28.4. The third kappa shape index (κ3) is 5.86. The van der Waals surface area contributed by atoms with Crippen LogP contribution in [0.1, 0.15) is 76.1 Å². The molecule has 0 fully saturated rings. The number of benzene rings is 2. The van der Waals surface area contributed by atoms with E-state index in [4.69, 9.17) is 19.2 Å². The van der Waals surface area contributed by atoms with Crippen LogP contribution in [0.25, 0.3) is 6.08 Å². The highest BCUT2D eigenvalue weighted by Crippen LogP contribution is 2.33. The third-order valence-electron chi connectivity index (χ3n) is 6.60. The van der Waals surface area contributed by atoms with Crippen molar-refractivity contribution in [3.8, 4) is 11.5 Å². The molecule has 1 aromatic heterocycles. The van der Waals surface area contributed by atoms with E-state index in [1.54, 1.807) is 18.6 Å². The molecule has 3 aromatic rings. The highest BCUT2D eigenvalue weighted by molar-refractivity contribution is 7.07. The molecule has 0 radical (unpaired) electrons. The maximum atomic E-state index is 14.0. The lowest BCUT2D eigenvalue weighted by atomic mass is 9.92. The monoisotopic (exact) mass is 548 g/mol. The number of hydrogen-bond donors (Lipinski definition) is 0. The Morgan fingerprint density at radius 1 is 1.08 bits per heavy atom. The molecule has 1 aliphatic rings. The summed E-state index contributed by atoms with van der Waals surface area (Å²) in [5.74, 6) is 1.17. The van der Waals surface area contributed by atoms with E-state index in [0.29, 0.717) is 51.0 Å². The van der Waals surface area contributed by atoms with E-state index in [-0.39, 0.29) is 12.2 Å². The molecule has 0 saturated carbocycles. The Kier molecular flexibility index (Phi) is 9.07. The molecule has 0 N–H and O–H groups in total. The van der Waals surface area contributed by atoms with Crippen molar-refractivity contribution >= 4 is 23.4 Å². The minimum absolute atomic E-state index is 0.206. The van der Waals surface area contributed by atoms with Crippen LogP contribution in [0.4, 0.5) is 0 Å². The van der Waals surface area contributed by atoms with Gasteiger partial charge in [0.25, 0.3) is 5.56 Å². The molecule has 39 heavy (non-hydrogen) atoms. The summed E-state index contributed by atoms with van der Waals surface area (Å²) in [7, 11) is 1.60. The summed E-state index contributed by atoms with van der Waals surface area (Å²) in [6.45, 7) is 10.7. The van der Waals surface area contributed by atoms with Crippen molar-refractivity contribution < 1.29 is 19.0 Å². The smallest absolute Gasteiger partial charge is 0.338 e. The molecular formula is C31H36N2O5S. The molecule has 1 atom stereocenters. The lowest BCUT2D eigenvalue weighted by Crippen LogP contribution is -2.40. The summed E-state index contributed by atoms with van der Waals surface area (Å²) in [5.41, 5.74) is 3.74. The van der Waals surface area contributed by atoms with Gasteiger partial charge in [0.05, 0.1) is 42.2 Å². The molecule has 0 unspecified atom stereocenters. The lowest BCUT2D eigenvalue weighted by Gasteiger charge is -2.26. The zero-order chi connectivity index (χ0) is 28.1. The van der Waals surface area contributed by atoms with Gasteiger partial charge in [-0.15, -0.1) is 0 Å². The summed E-state index contributed by atoms with van der Waals surface area (Å²) in [6.07, 6.45) is 3.25. The zero-order valence-corrected chi connectivity index (χ0v) is 24.3. The van der Waals surface area contributed by atoms with Crippen LogP contribution >= 0.6 is 11.3 Å². The number of thiazole rings is 1. The van der Waals surface area contributed by atoms with Crippen LogP contribution in [0.2, 0.25) is 0 Å². The number of nitrogens with zero attached hydrogens (tertiary/aromatic N) is 2. The van der Waals surface area contributed by atoms with Crippen LogP contribution in [0, 0.1) is 0 Å². The van der Waals surface area contributed by atoms with E-state index >= 15 is 0 Å². The normalized spacial score (nSPS) is 15.3. The van der Waals surface area contributed by atoms with Crippen molar-refractivity contribution in [3.63, 3.8) is 0 Å². The zero-order valence-electron chi connectivity index (χ0n) is 23.4. The summed E-state index contributed by atoms with van der Waals surface area (Å²) in [5, 5.41) is 0. The van der Waals surface area contributed by atoms with Crippen molar-refractivity contribution in [3.05, 3.63) is 90.1 Å². The number of allylic oxidation sites excluding steroid dienone is 1. The molecular weight excluding hydrogens is 512 g/mol. The summed E-state index contributed by atoms with van der Waals surface area (Å²) in [4.78, 5) is 32.7. The second kappa shape index (κ2) is 12.5. The molecule has 0 bridgehead atoms. The van der Waals surface area contributed by atoms with E-state index < -0.39 is 12.0 Å². The number of rotatable bonds is 10. The van der Waals surface area contributed by atoms with Gasteiger partial charge in [-0.25, -0.2) is 9.79 Å². The van der Waals surface area contributed by atoms with Gasteiger partial charge in [-0.1, -0.05) is 68.9 Å². The largest absolute Gasteiger partial charge is 0.493 e. The molecule has 4 rings (SSSR count). The van der Waals surface area contributed by atoms with Crippen LogP contribution in [0.3, 0.4) is 0 Å². The Balaban J connectivity index is 1.94. The topological polar surface area (TPSA) is 79.1 Å². The standard InChI is InChI=1S/C31H36N2O5S/c1-7-10-23-27(30(35)38-9-3)28(22-14-12-21(13-15-22)19(4)5)33-29(34)26(39-31(33)32-23)18-20-11-16-24(36-6)25(17-20)37-8-2/h11-19,28H,7-10H2,1-6H3/b26-18-/t28-/m0/s1. The van der Waals surface area contributed by atoms with Crippen molar-refractivity contribution in [2.75, 3.05) is 20.3 Å². The highest BCUT2D eigenvalue weighted by Gasteiger charge is 2.34. The maximum absolute atomic E-state index is 14.0. The van der Waals surface area contributed by atoms with Gasteiger partial charge in [0, 0.05) is 0 Å². The Labute approximate surface area is 233 Å². The molecule has 0 spiro atoms. The van der Waals surface area contributed by atoms with Gasteiger partial charge in [0.15, 0.2) is 16.3 Å². The van der Waals surface area contributed by atoms with Crippen LogP contribution in [-0.2, 0) is 9.53 Å². The predicted octanol–water partition coefficient (Wildman–Crippen LogP) is 5.11. The first-order valence-electron chi connectivity index (χ1n) is 13.4. The molecule has 0 saturated heterocycles. The molecule has 7 nitrogen and oxygen atoms in total. The maximum Gasteiger partial charge on any atom is 0.338 e. The lowest BCUT2D eigenvalue weighted by molar-refractivity contribution is -0.139. The fraction of sp³-hybridized carbons (Fsp3) is 0.387. The summed E-state index contributed by atoms with van der Waals surface area (Å²) < 4.78 is 18.8. The average molecular weight is 549 g/mol. The van der Waals surface area contributed by atoms with Crippen molar-refractivity contribution in [1.82, 2.24) is 4.57 Å². The number of carbonyl (C=O) groups is 1. The fourth-order valence-corrected chi connectivity index (χ4v) is 5.72. The van der Waals surface area contributed by atoms with Gasteiger partial charge in [-0.05, 0) is 61.1 Å².